The van der Waals surface area contributed by atoms with Gasteiger partial charge in [-0.3, -0.25) is 4.79 Å². The second kappa shape index (κ2) is 2.94. The minimum atomic E-state index is -0.977. The van der Waals surface area contributed by atoms with Crippen molar-refractivity contribution in [2.24, 2.45) is 23.5 Å². The monoisotopic (exact) mass is 187 g/mol. The maximum Gasteiger partial charge on any atom is 0.306 e. The fourth-order valence-corrected chi connectivity index (χ4v) is 2.82. The zero-order valence-electron chi connectivity index (χ0n) is 7.32. The third kappa shape index (κ3) is 1.33. The average molecular weight is 187 g/mol. The third-order valence-corrected chi connectivity index (χ3v) is 3.49. The lowest BCUT2D eigenvalue weighted by atomic mass is 10.00. The van der Waals surface area contributed by atoms with Gasteiger partial charge in [0.25, 0.3) is 0 Å². The van der Waals surface area contributed by atoms with E-state index in [1.54, 1.807) is 0 Å². The van der Waals surface area contributed by atoms with Crippen LogP contribution in [0, 0.1) is 17.8 Å². The smallest absolute Gasteiger partial charge is 0.306 e. The van der Waals surface area contributed by atoms with Gasteiger partial charge in [-0.2, -0.15) is 0 Å². The van der Waals surface area contributed by atoms with Crippen LogP contribution in [0.15, 0.2) is 0 Å². The van der Waals surface area contributed by atoms with Crippen molar-refractivity contribution in [2.45, 2.75) is 31.5 Å². The van der Waals surface area contributed by atoms with Gasteiger partial charge in [0.15, 0.2) is 0 Å². The van der Waals surface area contributed by atoms with Gasteiger partial charge in [-0.15, -0.1) is 0 Å². The maximum absolute atomic E-state index is 13.4. The van der Waals surface area contributed by atoms with Gasteiger partial charge < -0.3 is 10.8 Å². The largest absolute Gasteiger partial charge is 0.481 e. The molecule has 74 valence electrons. The lowest BCUT2D eigenvalue weighted by molar-refractivity contribution is -0.141. The number of carboxylic acid groups (broad SMARTS) is 1. The molecule has 2 fully saturated rings. The molecule has 2 rings (SSSR count). The fourth-order valence-electron chi connectivity index (χ4n) is 2.82. The molecule has 3 nitrogen and oxygen atoms in total. The maximum atomic E-state index is 13.4. The summed E-state index contributed by atoms with van der Waals surface area (Å²) >= 11 is 0. The summed E-state index contributed by atoms with van der Waals surface area (Å²) in [4.78, 5) is 10.7. The molecule has 2 aliphatic carbocycles. The van der Waals surface area contributed by atoms with Crippen LogP contribution in [0.3, 0.4) is 0 Å². The molecule has 0 spiro atoms. The molecule has 0 aromatic carbocycles. The van der Waals surface area contributed by atoms with E-state index in [-0.39, 0.29) is 23.8 Å². The van der Waals surface area contributed by atoms with Gasteiger partial charge in [0.1, 0.15) is 6.17 Å². The van der Waals surface area contributed by atoms with E-state index in [4.69, 9.17) is 10.8 Å². The van der Waals surface area contributed by atoms with Crippen molar-refractivity contribution < 1.29 is 14.3 Å². The highest BCUT2D eigenvalue weighted by Gasteiger charge is 2.49. The predicted molar refractivity (Wildman–Crippen MR) is 44.8 cm³/mol. The number of hydrogen-bond acceptors (Lipinski definition) is 2. The number of nitrogens with two attached hydrogens (primary N) is 1. The van der Waals surface area contributed by atoms with E-state index in [9.17, 15) is 9.18 Å². The van der Waals surface area contributed by atoms with E-state index >= 15 is 0 Å². The van der Waals surface area contributed by atoms with Gasteiger partial charge in [-0.05, 0) is 31.1 Å². The van der Waals surface area contributed by atoms with Crippen molar-refractivity contribution in [3.8, 4) is 0 Å². The molecule has 1 unspecified atom stereocenters. The number of carbonyl (C=O) groups is 1. The molecule has 0 bridgehead atoms. The summed E-state index contributed by atoms with van der Waals surface area (Å²) in [5, 5.41) is 8.77. The van der Waals surface area contributed by atoms with Gasteiger partial charge in [0.2, 0.25) is 0 Å². The number of halogens is 1. The normalized spacial score (nSPS) is 49.2. The first-order valence-corrected chi connectivity index (χ1v) is 4.72. The molecule has 0 aliphatic heterocycles. The molecule has 0 radical (unpaired) electrons. The van der Waals surface area contributed by atoms with Crippen molar-refractivity contribution in [3.05, 3.63) is 0 Å². The third-order valence-electron chi connectivity index (χ3n) is 3.49. The summed E-state index contributed by atoms with van der Waals surface area (Å²) < 4.78 is 13.4. The summed E-state index contributed by atoms with van der Waals surface area (Å²) in [5.41, 5.74) is 5.57. The SMILES string of the molecule is N[C@@H]1C[C@H]2CC(C(=O)O)C[C@@H]2[C@@H]1F. The zero-order chi connectivity index (χ0) is 9.59. The topological polar surface area (TPSA) is 63.3 Å². The van der Waals surface area contributed by atoms with Crippen LogP contribution < -0.4 is 5.73 Å². The lowest BCUT2D eigenvalue weighted by Gasteiger charge is -2.12. The van der Waals surface area contributed by atoms with Crippen LogP contribution in [0.5, 0.6) is 0 Å². The first-order valence-electron chi connectivity index (χ1n) is 4.72. The second-order valence-electron chi connectivity index (χ2n) is 4.27. The average Bonchev–Trinajstić information content (AvgIpc) is 2.55. The van der Waals surface area contributed by atoms with Crippen LogP contribution >= 0.6 is 0 Å². The molecule has 5 atom stereocenters. The van der Waals surface area contributed by atoms with Crippen LogP contribution in [0.25, 0.3) is 0 Å². The highest BCUT2D eigenvalue weighted by Crippen LogP contribution is 2.47. The molecule has 0 saturated heterocycles. The van der Waals surface area contributed by atoms with E-state index in [1.807, 2.05) is 0 Å². The van der Waals surface area contributed by atoms with Gasteiger partial charge in [0.05, 0.1) is 5.92 Å². The first kappa shape index (κ1) is 8.94. The Balaban J connectivity index is 2.04. The first-order chi connectivity index (χ1) is 6.09. The Morgan fingerprint density at radius 3 is 2.62 bits per heavy atom. The number of alkyl halides is 1. The minimum Gasteiger partial charge on any atom is -0.481 e. The molecule has 13 heavy (non-hydrogen) atoms. The highest BCUT2D eigenvalue weighted by molar-refractivity contribution is 5.70. The fraction of sp³-hybridized carbons (Fsp3) is 0.889. The van der Waals surface area contributed by atoms with Crippen LogP contribution in [0.1, 0.15) is 19.3 Å². The highest BCUT2D eigenvalue weighted by atomic mass is 19.1. The standard InChI is InChI=1S/C9H14FNO2/c10-8-6-2-5(9(12)13)1-4(6)3-7(8)11/h4-8H,1-3,11H2,(H,12,13)/t4-,5?,6+,7-,8+/m1/s1. The Bertz CT molecular complexity index is 234. The lowest BCUT2D eigenvalue weighted by Crippen LogP contribution is -2.29. The number of hydrogen-bond donors (Lipinski definition) is 2. The van der Waals surface area contributed by atoms with E-state index in [1.165, 1.54) is 0 Å². The molecular weight excluding hydrogens is 173 g/mol. The summed E-state index contributed by atoms with van der Waals surface area (Å²) in [6.07, 6.45) is 0.785. The number of aliphatic carboxylic acids is 1. The van der Waals surface area contributed by atoms with E-state index in [2.05, 4.69) is 0 Å². The molecular formula is C9H14FNO2. The van der Waals surface area contributed by atoms with Crippen molar-refractivity contribution >= 4 is 5.97 Å². The quantitative estimate of drug-likeness (QED) is 0.637. The summed E-state index contributed by atoms with van der Waals surface area (Å²) in [6, 6.07) is -0.357. The van der Waals surface area contributed by atoms with Crippen molar-refractivity contribution in [2.75, 3.05) is 0 Å². The number of carboxylic acids is 1. The summed E-state index contributed by atoms with van der Waals surface area (Å²) in [5.74, 6) is -0.988. The van der Waals surface area contributed by atoms with Crippen molar-refractivity contribution in [1.29, 1.82) is 0 Å². The van der Waals surface area contributed by atoms with Crippen LogP contribution in [-0.4, -0.2) is 23.3 Å². The van der Waals surface area contributed by atoms with Crippen molar-refractivity contribution in [3.63, 3.8) is 0 Å². The Hall–Kier alpha value is -0.640. The zero-order valence-corrected chi connectivity index (χ0v) is 7.32. The molecule has 2 saturated carbocycles. The van der Waals surface area contributed by atoms with Gasteiger partial charge >= 0.3 is 5.97 Å². The molecule has 0 aromatic heterocycles. The van der Waals surface area contributed by atoms with Crippen LogP contribution in [0.4, 0.5) is 4.39 Å². The Kier molecular flexibility index (Phi) is 2.02. The van der Waals surface area contributed by atoms with Crippen LogP contribution in [-0.2, 0) is 4.79 Å². The van der Waals surface area contributed by atoms with Gasteiger partial charge in [0, 0.05) is 6.04 Å². The molecule has 3 N–H and O–H groups in total. The van der Waals surface area contributed by atoms with Crippen molar-refractivity contribution in [1.82, 2.24) is 0 Å². The Labute approximate surface area is 76.1 Å². The molecule has 0 amide bonds. The molecule has 2 aliphatic rings. The summed E-state index contributed by atoms with van der Waals surface area (Å²) in [7, 11) is 0. The van der Waals surface area contributed by atoms with E-state index < -0.39 is 12.1 Å². The van der Waals surface area contributed by atoms with Gasteiger partial charge in [-0.25, -0.2) is 4.39 Å². The molecule has 0 aromatic rings. The summed E-state index contributed by atoms with van der Waals surface area (Å²) in [6.45, 7) is 0. The minimum absolute atomic E-state index is 0.0869. The molecule has 4 heteroatoms. The van der Waals surface area contributed by atoms with Crippen LogP contribution in [0.2, 0.25) is 0 Å². The number of rotatable bonds is 1. The van der Waals surface area contributed by atoms with Gasteiger partial charge in [-0.1, -0.05) is 0 Å². The Morgan fingerprint density at radius 2 is 2.08 bits per heavy atom. The van der Waals surface area contributed by atoms with E-state index in [0.29, 0.717) is 19.3 Å². The number of fused-ring (bicyclic) bond motifs is 1. The Morgan fingerprint density at radius 1 is 1.38 bits per heavy atom. The predicted octanol–water partition coefficient (Wildman–Crippen LogP) is 0.782. The second-order valence-corrected chi connectivity index (χ2v) is 4.27. The molecule has 0 heterocycles. The van der Waals surface area contributed by atoms with E-state index in [0.717, 1.165) is 0 Å².